The lowest BCUT2D eigenvalue weighted by Crippen LogP contribution is -2.06. The number of aryl methyl sites for hydroxylation is 3. The average Bonchev–Trinajstić information content (AvgIpc) is 2.15. The van der Waals surface area contributed by atoms with Gasteiger partial charge in [0.25, 0.3) is 0 Å². The van der Waals surface area contributed by atoms with Gasteiger partial charge in [-0.2, -0.15) is 0 Å². The van der Waals surface area contributed by atoms with Gasteiger partial charge in [-0.1, -0.05) is 12.1 Å². The van der Waals surface area contributed by atoms with Crippen molar-refractivity contribution in [2.24, 2.45) is 0 Å². The van der Waals surface area contributed by atoms with Crippen molar-refractivity contribution in [1.82, 2.24) is 0 Å². The summed E-state index contributed by atoms with van der Waals surface area (Å²) in [7, 11) is 3.31. The third-order valence-corrected chi connectivity index (χ3v) is 2.56. The van der Waals surface area contributed by atoms with Crippen molar-refractivity contribution < 1.29 is 9.47 Å². The van der Waals surface area contributed by atoms with Crippen LogP contribution in [0.25, 0.3) is 0 Å². The summed E-state index contributed by atoms with van der Waals surface area (Å²) in [6, 6.07) is 4.29. The molecule has 0 radical (unpaired) electrons. The molecular weight excluding hydrogens is 176 g/mol. The first-order chi connectivity index (χ1) is 6.60. The number of ether oxygens (including phenoxy) is 2. The number of rotatable bonds is 3. The first-order valence-electron chi connectivity index (χ1n) is 4.73. The van der Waals surface area contributed by atoms with Gasteiger partial charge >= 0.3 is 0 Å². The molecular formula is C12H18O2. The normalized spacial score (nSPS) is 11.0. The Bertz CT molecular complexity index is 314. The van der Waals surface area contributed by atoms with Crippen molar-refractivity contribution in [3.8, 4) is 0 Å². The third-order valence-electron chi connectivity index (χ3n) is 2.56. The molecule has 78 valence electrons. The number of hydrogen-bond acceptors (Lipinski definition) is 2. The lowest BCUT2D eigenvalue weighted by Gasteiger charge is -2.17. The van der Waals surface area contributed by atoms with Crippen LogP contribution < -0.4 is 0 Å². The third kappa shape index (κ3) is 2.14. The Morgan fingerprint density at radius 2 is 1.36 bits per heavy atom. The molecule has 0 heterocycles. The van der Waals surface area contributed by atoms with Crippen LogP contribution in [0, 0.1) is 20.8 Å². The van der Waals surface area contributed by atoms with Crippen LogP contribution in [0.4, 0.5) is 0 Å². The van der Waals surface area contributed by atoms with E-state index >= 15 is 0 Å². The van der Waals surface area contributed by atoms with Crippen LogP contribution in [0.2, 0.25) is 0 Å². The van der Waals surface area contributed by atoms with Crippen LogP contribution in [0.3, 0.4) is 0 Å². The second-order valence-electron chi connectivity index (χ2n) is 3.60. The molecule has 0 aliphatic heterocycles. The SMILES string of the molecule is COC(OC)c1cc(C)c(C)cc1C. The van der Waals surface area contributed by atoms with Crippen molar-refractivity contribution in [1.29, 1.82) is 0 Å². The van der Waals surface area contributed by atoms with E-state index in [9.17, 15) is 0 Å². The topological polar surface area (TPSA) is 18.5 Å². The minimum Gasteiger partial charge on any atom is -0.352 e. The maximum absolute atomic E-state index is 5.24. The summed E-state index contributed by atoms with van der Waals surface area (Å²) in [5, 5.41) is 0. The molecule has 0 aliphatic carbocycles. The van der Waals surface area contributed by atoms with E-state index in [1.807, 2.05) is 0 Å². The zero-order chi connectivity index (χ0) is 10.7. The van der Waals surface area contributed by atoms with Crippen LogP contribution in [-0.4, -0.2) is 14.2 Å². The Kier molecular flexibility index (Phi) is 3.67. The number of methoxy groups -OCH3 is 2. The van der Waals surface area contributed by atoms with Crippen LogP contribution in [-0.2, 0) is 9.47 Å². The van der Waals surface area contributed by atoms with Crippen LogP contribution >= 0.6 is 0 Å². The smallest absolute Gasteiger partial charge is 0.183 e. The fourth-order valence-corrected chi connectivity index (χ4v) is 1.59. The van der Waals surface area contributed by atoms with Gasteiger partial charge in [0.15, 0.2) is 6.29 Å². The molecule has 0 aromatic heterocycles. The molecule has 0 spiro atoms. The van der Waals surface area contributed by atoms with Crippen molar-refractivity contribution in [2.45, 2.75) is 27.1 Å². The van der Waals surface area contributed by atoms with Crippen LogP contribution in [0.5, 0.6) is 0 Å². The maximum Gasteiger partial charge on any atom is 0.183 e. The molecule has 1 aromatic carbocycles. The second kappa shape index (κ2) is 4.58. The molecule has 2 heteroatoms. The molecule has 0 amide bonds. The number of benzene rings is 1. The molecule has 0 bridgehead atoms. The highest BCUT2D eigenvalue weighted by atomic mass is 16.7. The zero-order valence-corrected chi connectivity index (χ0v) is 9.55. The van der Waals surface area contributed by atoms with Crippen LogP contribution in [0.1, 0.15) is 28.5 Å². The van der Waals surface area contributed by atoms with Gasteiger partial charge in [0, 0.05) is 19.8 Å². The highest BCUT2D eigenvalue weighted by Crippen LogP contribution is 2.24. The van der Waals surface area contributed by atoms with Gasteiger partial charge < -0.3 is 9.47 Å². The molecule has 0 aliphatic rings. The summed E-state index contributed by atoms with van der Waals surface area (Å²) in [5.41, 5.74) is 4.89. The highest BCUT2D eigenvalue weighted by Gasteiger charge is 2.12. The largest absolute Gasteiger partial charge is 0.352 e. The Balaban J connectivity index is 3.14. The Morgan fingerprint density at radius 3 is 1.86 bits per heavy atom. The maximum atomic E-state index is 5.24. The van der Waals surface area contributed by atoms with Gasteiger partial charge in [-0.25, -0.2) is 0 Å². The number of hydrogen-bond donors (Lipinski definition) is 0. The van der Waals surface area contributed by atoms with Gasteiger partial charge in [-0.15, -0.1) is 0 Å². The summed E-state index contributed by atoms with van der Waals surface area (Å²) in [6.45, 7) is 6.29. The van der Waals surface area contributed by atoms with Crippen molar-refractivity contribution in [3.63, 3.8) is 0 Å². The standard InChI is InChI=1S/C12H18O2/c1-8-6-10(3)11(7-9(8)2)12(13-4)14-5/h6-7,12H,1-5H3. The van der Waals surface area contributed by atoms with Crippen molar-refractivity contribution in [3.05, 3.63) is 34.4 Å². The van der Waals surface area contributed by atoms with Gasteiger partial charge in [-0.05, 0) is 37.5 Å². The molecule has 2 nitrogen and oxygen atoms in total. The minimum absolute atomic E-state index is 0.255. The summed E-state index contributed by atoms with van der Waals surface area (Å²) in [4.78, 5) is 0. The van der Waals surface area contributed by atoms with E-state index in [1.165, 1.54) is 16.7 Å². The van der Waals surface area contributed by atoms with Crippen molar-refractivity contribution >= 4 is 0 Å². The predicted molar refractivity (Wildman–Crippen MR) is 57.4 cm³/mol. The monoisotopic (exact) mass is 194 g/mol. The fraction of sp³-hybridized carbons (Fsp3) is 0.500. The Labute approximate surface area is 85.8 Å². The van der Waals surface area contributed by atoms with Gasteiger partial charge in [0.1, 0.15) is 0 Å². The molecule has 1 rings (SSSR count). The Morgan fingerprint density at radius 1 is 0.857 bits per heavy atom. The summed E-state index contributed by atoms with van der Waals surface area (Å²) < 4.78 is 10.5. The summed E-state index contributed by atoms with van der Waals surface area (Å²) in [5.74, 6) is 0. The van der Waals surface area contributed by atoms with E-state index in [4.69, 9.17) is 9.47 Å². The molecule has 1 aromatic rings. The van der Waals surface area contributed by atoms with Crippen LogP contribution in [0.15, 0.2) is 12.1 Å². The van der Waals surface area contributed by atoms with E-state index in [2.05, 4.69) is 32.9 Å². The van der Waals surface area contributed by atoms with Crippen molar-refractivity contribution in [2.75, 3.05) is 14.2 Å². The van der Waals surface area contributed by atoms with E-state index in [1.54, 1.807) is 14.2 Å². The van der Waals surface area contributed by atoms with Gasteiger partial charge in [-0.3, -0.25) is 0 Å². The summed E-state index contributed by atoms with van der Waals surface area (Å²) >= 11 is 0. The summed E-state index contributed by atoms with van der Waals surface area (Å²) in [6.07, 6.45) is -0.255. The van der Waals surface area contributed by atoms with E-state index in [0.29, 0.717) is 0 Å². The van der Waals surface area contributed by atoms with Gasteiger partial charge in [0.2, 0.25) is 0 Å². The minimum atomic E-state index is -0.255. The lowest BCUT2D eigenvalue weighted by atomic mass is 10.0. The molecule has 0 N–H and O–H groups in total. The molecule has 0 atom stereocenters. The lowest BCUT2D eigenvalue weighted by molar-refractivity contribution is -0.106. The molecule has 0 unspecified atom stereocenters. The van der Waals surface area contributed by atoms with E-state index in [0.717, 1.165) is 5.56 Å². The fourth-order valence-electron chi connectivity index (χ4n) is 1.59. The quantitative estimate of drug-likeness (QED) is 0.689. The zero-order valence-electron chi connectivity index (χ0n) is 9.55. The highest BCUT2D eigenvalue weighted by molar-refractivity contribution is 5.37. The first kappa shape index (κ1) is 11.2. The predicted octanol–water partition coefficient (Wildman–Crippen LogP) is 2.90. The second-order valence-corrected chi connectivity index (χ2v) is 3.60. The molecule has 14 heavy (non-hydrogen) atoms. The molecule has 0 saturated carbocycles. The van der Waals surface area contributed by atoms with E-state index < -0.39 is 0 Å². The Hall–Kier alpha value is -0.860. The van der Waals surface area contributed by atoms with Gasteiger partial charge in [0.05, 0.1) is 0 Å². The molecule has 0 saturated heterocycles. The molecule has 0 fully saturated rings. The first-order valence-corrected chi connectivity index (χ1v) is 4.73. The van der Waals surface area contributed by atoms with E-state index in [-0.39, 0.29) is 6.29 Å². The average molecular weight is 194 g/mol.